The number of rotatable bonds is 5. The lowest BCUT2D eigenvalue weighted by Crippen LogP contribution is -2.35. The quantitative estimate of drug-likeness (QED) is 0.343. The van der Waals surface area contributed by atoms with Crippen molar-refractivity contribution in [1.29, 1.82) is 0 Å². The predicted molar refractivity (Wildman–Crippen MR) is 140 cm³/mol. The van der Waals surface area contributed by atoms with Crippen molar-refractivity contribution in [1.82, 2.24) is 9.88 Å². The topological polar surface area (TPSA) is 34.0 Å². The molecule has 1 saturated carbocycles. The van der Waals surface area contributed by atoms with Gasteiger partial charge in [-0.05, 0) is 43.0 Å². The monoisotopic (exact) mass is 440 g/mol. The van der Waals surface area contributed by atoms with Crippen LogP contribution in [0, 0.1) is 6.92 Å². The molecule has 4 aromatic rings. The van der Waals surface area contributed by atoms with Gasteiger partial charge in [-0.3, -0.25) is 4.79 Å². The van der Waals surface area contributed by atoms with Gasteiger partial charge in [-0.25, -0.2) is 0 Å². The molecule has 0 spiro atoms. The number of para-hydroxylation sites is 1. The van der Waals surface area contributed by atoms with Crippen LogP contribution in [0.15, 0.2) is 85.1 Å². The van der Waals surface area contributed by atoms with Gasteiger partial charge in [-0.2, -0.15) is 0 Å². The van der Waals surface area contributed by atoms with Gasteiger partial charge in [0.25, 0.3) is 5.91 Å². The Morgan fingerprint density at radius 1 is 0.848 bits per heavy atom. The highest BCUT2D eigenvalue weighted by Gasteiger charge is 2.45. The lowest BCUT2D eigenvalue weighted by atomic mass is 10.0. The summed E-state index contributed by atoms with van der Waals surface area (Å²) in [4.78, 5) is 13.3. The van der Waals surface area contributed by atoms with Crippen molar-refractivity contribution in [2.75, 3.05) is 0 Å². The number of aryl methyl sites for hydroxylation is 1. The van der Waals surface area contributed by atoms with E-state index in [2.05, 4.69) is 71.5 Å². The second-order valence-electron chi connectivity index (χ2n) is 8.07. The number of aromatic nitrogens is 1. The molecule has 0 aliphatic heterocycles. The van der Waals surface area contributed by atoms with Crippen molar-refractivity contribution in [3.63, 3.8) is 0 Å². The van der Waals surface area contributed by atoms with E-state index in [1.807, 2.05) is 58.0 Å². The van der Waals surface area contributed by atoms with E-state index in [-0.39, 0.29) is 11.4 Å². The number of nitrogens with one attached hydrogen (secondary N) is 1. The van der Waals surface area contributed by atoms with Gasteiger partial charge in [0.15, 0.2) is 0 Å². The zero-order valence-electron chi connectivity index (χ0n) is 20.6. The molecular weight excluding hydrogens is 404 g/mol. The number of benzene rings is 3. The molecule has 0 saturated heterocycles. The summed E-state index contributed by atoms with van der Waals surface area (Å²) in [7, 11) is 0. The average molecular weight is 441 g/mol. The summed E-state index contributed by atoms with van der Waals surface area (Å²) in [6, 6.07) is 26.9. The summed E-state index contributed by atoms with van der Waals surface area (Å²) >= 11 is 0. The molecule has 0 atom stereocenters. The highest BCUT2D eigenvalue weighted by atomic mass is 16.1. The van der Waals surface area contributed by atoms with Gasteiger partial charge in [0.2, 0.25) is 0 Å². The highest BCUT2D eigenvalue weighted by Crippen LogP contribution is 2.45. The van der Waals surface area contributed by atoms with Crippen molar-refractivity contribution in [3.05, 3.63) is 107 Å². The van der Waals surface area contributed by atoms with Crippen LogP contribution in [-0.2, 0) is 12.1 Å². The molecule has 0 unspecified atom stereocenters. The molecular formula is C30H36N2O. The van der Waals surface area contributed by atoms with Crippen molar-refractivity contribution >= 4 is 16.8 Å². The number of carbonyl (C=O) groups is 1. The molecule has 1 aromatic heterocycles. The molecule has 1 amide bonds. The minimum absolute atomic E-state index is 0.00156. The average Bonchev–Trinajstić information content (AvgIpc) is 3.54. The maximum absolute atomic E-state index is 13.3. The number of hydrogen-bond acceptors (Lipinski definition) is 1. The Morgan fingerprint density at radius 3 is 2.15 bits per heavy atom. The lowest BCUT2D eigenvalue weighted by Gasteiger charge is -2.19. The van der Waals surface area contributed by atoms with E-state index >= 15 is 0 Å². The summed E-state index contributed by atoms with van der Waals surface area (Å²) in [5.41, 5.74) is 5.17. The molecule has 0 radical (unpaired) electrons. The summed E-state index contributed by atoms with van der Waals surface area (Å²) in [6.07, 6.45) is 4.05. The summed E-state index contributed by atoms with van der Waals surface area (Å²) < 4.78 is 2.17. The van der Waals surface area contributed by atoms with Gasteiger partial charge in [0.1, 0.15) is 0 Å². The summed E-state index contributed by atoms with van der Waals surface area (Å²) in [5.74, 6) is 0.00156. The van der Waals surface area contributed by atoms with Gasteiger partial charge < -0.3 is 9.88 Å². The molecule has 1 aliphatic carbocycles. The third-order valence-electron chi connectivity index (χ3n) is 5.94. The fourth-order valence-electron chi connectivity index (χ4n) is 4.12. The minimum atomic E-state index is -0.218. The van der Waals surface area contributed by atoms with Crippen LogP contribution in [0.1, 0.15) is 67.6 Å². The molecule has 1 fully saturated rings. The fraction of sp³-hybridized carbons (Fsp3) is 0.300. The molecule has 1 aliphatic rings. The maximum atomic E-state index is 13.3. The Hall–Kier alpha value is -3.33. The Labute approximate surface area is 198 Å². The van der Waals surface area contributed by atoms with Crippen LogP contribution in [-0.4, -0.2) is 10.5 Å². The first-order valence-electron chi connectivity index (χ1n) is 12.2. The number of hydrogen-bond donors (Lipinski definition) is 1. The largest absolute Gasteiger partial charge is 0.342 e. The Balaban J connectivity index is 0.000000728. The minimum Gasteiger partial charge on any atom is -0.342 e. The summed E-state index contributed by atoms with van der Waals surface area (Å²) in [6.45, 7) is 10.8. The first kappa shape index (κ1) is 24.3. The lowest BCUT2D eigenvalue weighted by molar-refractivity contribution is 0.0932. The second kappa shape index (κ2) is 11.0. The predicted octanol–water partition coefficient (Wildman–Crippen LogP) is 7.47. The van der Waals surface area contributed by atoms with Crippen LogP contribution in [0.25, 0.3) is 10.9 Å². The van der Waals surface area contributed by atoms with Crippen molar-refractivity contribution in [2.24, 2.45) is 0 Å². The normalized spacial score (nSPS) is 13.2. The first-order chi connectivity index (χ1) is 16.1. The standard InChI is InChI=1S/C26H24N2O.2C2H6/c1-19-10-12-22(13-11-19)26(15-16-26)27-25(29)23-9-5-8-21-14-17-28(24(21)23)18-20-6-3-2-4-7-20;2*1-2/h2-14,17H,15-16,18H2,1H3,(H,27,29);2*1-2H3. The zero-order chi connectivity index (χ0) is 23.8. The maximum Gasteiger partial charge on any atom is 0.254 e. The van der Waals surface area contributed by atoms with Crippen LogP contribution in [0.3, 0.4) is 0 Å². The van der Waals surface area contributed by atoms with Crippen LogP contribution >= 0.6 is 0 Å². The van der Waals surface area contributed by atoms with Gasteiger partial charge >= 0.3 is 0 Å². The third-order valence-corrected chi connectivity index (χ3v) is 5.94. The Bertz CT molecular complexity index is 1170. The molecule has 5 rings (SSSR count). The number of fused-ring (bicyclic) bond motifs is 1. The number of amides is 1. The molecule has 3 heteroatoms. The SMILES string of the molecule is CC.CC.Cc1ccc(C2(NC(=O)c3cccc4ccn(Cc5ccccc5)c34)CC2)cc1. The molecule has 172 valence electrons. The van der Waals surface area contributed by atoms with Gasteiger partial charge in [0, 0.05) is 18.1 Å². The van der Waals surface area contributed by atoms with Crippen LogP contribution in [0.4, 0.5) is 0 Å². The van der Waals surface area contributed by atoms with E-state index in [4.69, 9.17) is 0 Å². The van der Waals surface area contributed by atoms with E-state index in [1.54, 1.807) is 0 Å². The fourth-order valence-corrected chi connectivity index (χ4v) is 4.12. The molecule has 1 N–H and O–H groups in total. The van der Waals surface area contributed by atoms with E-state index in [9.17, 15) is 4.79 Å². The van der Waals surface area contributed by atoms with E-state index in [1.165, 1.54) is 16.7 Å². The van der Waals surface area contributed by atoms with Gasteiger partial charge in [-0.1, -0.05) is 100.0 Å². The van der Waals surface area contributed by atoms with Gasteiger partial charge in [-0.15, -0.1) is 0 Å². The smallest absolute Gasteiger partial charge is 0.254 e. The van der Waals surface area contributed by atoms with E-state index in [0.29, 0.717) is 0 Å². The Kier molecular flexibility index (Phi) is 8.11. The number of nitrogens with zero attached hydrogens (tertiary/aromatic N) is 1. The highest BCUT2D eigenvalue weighted by molar-refractivity contribution is 6.06. The molecule has 0 bridgehead atoms. The molecule has 33 heavy (non-hydrogen) atoms. The molecule has 1 heterocycles. The van der Waals surface area contributed by atoms with Gasteiger partial charge in [0.05, 0.1) is 16.6 Å². The second-order valence-corrected chi connectivity index (χ2v) is 8.07. The van der Waals surface area contributed by atoms with E-state index < -0.39 is 0 Å². The van der Waals surface area contributed by atoms with Crippen molar-refractivity contribution in [3.8, 4) is 0 Å². The first-order valence-corrected chi connectivity index (χ1v) is 12.2. The number of carbonyl (C=O) groups excluding carboxylic acids is 1. The van der Waals surface area contributed by atoms with Crippen LogP contribution < -0.4 is 5.32 Å². The van der Waals surface area contributed by atoms with Crippen LogP contribution in [0.2, 0.25) is 0 Å². The van der Waals surface area contributed by atoms with Crippen LogP contribution in [0.5, 0.6) is 0 Å². The zero-order valence-corrected chi connectivity index (χ0v) is 20.6. The molecule has 3 aromatic carbocycles. The van der Waals surface area contributed by atoms with Crippen molar-refractivity contribution in [2.45, 2.75) is 59.5 Å². The Morgan fingerprint density at radius 2 is 1.52 bits per heavy atom. The summed E-state index contributed by atoms with van der Waals surface area (Å²) in [5, 5.41) is 4.43. The molecule has 3 nitrogen and oxygen atoms in total. The third kappa shape index (κ3) is 5.36. The van der Waals surface area contributed by atoms with Crippen molar-refractivity contribution < 1.29 is 4.79 Å². The van der Waals surface area contributed by atoms with E-state index in [0.717, 1.165) is 35.9 Å².